The van der Waals surface area contributed by atoms with E-state index in [1.807, 2.05) is 48.5 Å². The van der Waals surface area contributed by atoms with Crippen LogP contribution in [-0.4, -0.2) is 42.5 Å². The number of rotatable bonds is 6. The lowest BCUT2D eigenvalue weighted by molar-refractivity contribution is -0.132. The molecule has 2 aromatic rings. The standard InChI is InChI=1S/C20H25N3O2/c1-21-19-14-16(9-11-22-19)17-6-5-12-23(15-17)20(24)10-13-25-18-7-3-2-4-8-18/h2-4,7-9,11,14,17H,5-6,10,12-13,15H2,1H3,(H,21,22)/t17-/m0/s1. The van der Waals surface area contributed by atoms with Crippen LogP contribution in [0.3, 0.4) is 0 Å². The Bertz CT molecular complexity index is 690. The van der Waals surface area contributed by atoms with Gasteiger partial charge in [0, 0.05) is 32.3 Å². The van der Waals surface area contributed by atoms with Crippen molar-refractivity contribution in [2.24, 2.45) is 0 Å². The Morgan fingerprint density at radius 1 is 1.32 bits per heavy atom. The summed E-state index contributed by atoms with van der Waals surface area (Å²) in [4.78, 5) is 18.8. The number of anilines is 1. The van der Waals surface area contributed by atoms with E-state index >= 15 is 0 Å². The summed E-state index contributed by atoms with van der Waals surface area (Å²) in [6.07, 6.45) is 4.39. The highest BCUT2D eigenvalue weighted by molar-refractivity contribution is 5.76. The molecule has 0 radical (unpaired) electrons. The Kier molecular flexibility index (Phi) is 5.88. The van der Waals surface area contributed by atoms with Gasteiger partial charge in [-0.1, -0.05) is 18.2 Å². The number of likely N-dealkylation sites (tertiary alicyclic amines) is 1. The number of piperidine rings is 1. The third kappa shape index (κ3) is 4.72. The van der Waals surface area contributed by atoms with Crippen LogP contribution in [0, 0.1) is 0 Å². The summed E-state index contributed by atoms with van der Waals surface area (Å²) in [5.41, 5.74) is 1.25. The Morgan fingerprint density at radius 3 is 2.96 bits per heavy atom. The molecule has 1 aromatic carbocycles. The highest BCUT2D eigenvalue weighted by atomic mass is 16.5. The number of carbonyl (C=O) groups is 1. The first-order chi connectivity index (χ1) is 12.3. The molecule has 0 aliphatic carbocycles. The summed E-state index contributed by atoms with van der Waals surface area (Å²) in [5, 5.41) is 3.08. The lowest BCUT2D eigenvalue weighted by Gasteiger charge is -2.33. The summed E-state index contributed by atoms with van der Waals surface area (Å²) >= 11 is 0. The molecule has 1 aromatic heterocycles. The number of amides is 1. The molecular weight excluding hydrogens is 314 g/mol. The van der Waals surface area contributed by atoms with Crippen molar-refractivity contribution >= 4 is 11.7 Å². The molecule has 0 saturated carbocycles. The van der Waals surface area contributed by atoms with Gasteiger partial charge in [-0.3, -0.25) is 4.79 Å². The maximum Gasteiger partial charge on any atom is 0.226 e. The molecule has 1 saturated heterocycles. The molecule has 25 heavy (non-hydrogen) atoms. The Morgan fingerprint density at radius 2 is 2.16 bits per heavy atom. The Labute approximate surface area is 149 Å². The molecule has 132 valence electrons. The number of nitrogens with one attached hydrogen (secondary N) is 1. The minimum Gasteiger partial charge on any atom is -0.493 e. The molecule has 3 rings (SSSR count). The summed E-state index contributed by atoms with van der Waals surface area (Å²) in [6.45, 7) is 2.03. The van der Waals surface area contributed by atoms with Crippen molar-refractivity contribution in [3.05, 3.63) is 54.2 Å². The van der Waals surface area contributed by atoms with Crippen molar-refractivity contribution in [3.8, 4) is 5.75 Å². The fourth-order valence-corrected chi connectivity index (χ4v) is 3.24. The van der Waals surface area contributed by atoms with Gasteiger partial charge in [0.2, 0.25) is 5.91 Å². The van der Waals surface area contributed by atoms with E-state index < -0.39 is 0 Å². The highest BCUT2D eigenvalue weighted by Crippen LogP contribution is 2.28. The predicted molar refractivity (Wildman–Crippen MR) is 98.9 cm³/mol. The lowest BCUT2D eigenvalue weighted by Crippen LogP contribution is -2.39. The van der Waals surface area contributed by atoms with Gasteiger partial charge >= 0.3 is 0 Å². The van der Waals surface area contributed by atoms with Crippen molar-refractivity contribution in [1.29, 1.82) is 0 Å². The van der Waals surface area contributed by atoms with Gasteiger partial charge < -0.3 is 15.0 Å². The number of carbonyl (C=O) groups excluding carboxylic acids is 1. The van der Waals surface area contributed by atoms with E-state index in [9.17, 15) is 4.79 Å². The maximum atomic E-state index is 12.5. The zero-order chi connectivity index (χ0) is 17.5. The normalized spacial score (nSPS) is 17.2. The second kappa shape index (κ2) is 8.51. The number of pyridine rings is 1. The van der Waals surface area contributed by atoms with Crippen LogP contribution >= 0.6 is 0 Å². The number of hydrogen-bond donors (Lipinski definition) is 1. The van der Waals surface area contributed by atoms with Crippen LogP contribution in [0.25, 0.3) is 0 Å². The first kappa shape index (κ1) is 17.3. The maximum absolute atomic E-state index is 12.5. The topological polar surface area (TPSA) is 54.5 Å². The van der Waals surface area contributed by atoms with Crippen LogP contribution in [0.1, 0.15) is 30.7 Å². The molecule has 0 unspecified atom stereocenters. The molecule has 1 aliphatic rings. The summed E-state index contributed by atoms with van der Waals surface area (Å²) in [7, 11) is 1.87. The van der Waals surface area contributed by atoms with Crippen LogP contribution in [-0.2, 0) is 4.79 Å². The number of aromatic nitrogens is 1. The molecule has 1 aliphatic heterocycles. The SMILES string of the molecule is CNc1cc([C@H]2CCCN(C(=O)CCOc3ccccc3)C2)ccn1. The monoisotopic (exact) mass is 339 g/mol. The molecular formula is C20H25N3O2. The molecule has 0 bridgehead atoms. The fourth-order valence-electron chi connectivity index (χ4n) is 3.24. The minimum absolute atomic E-state index is 0.170. The number of para-hydroxylation sites is 1. The van der Waals surface area contributed by atoms with Gasteiger partial charge in [0.15, 0.2) is 0 Å². The van der Waals surface area contributed by atoms with E-state index in [-0.39, 0.29) is 5.91 Å². The summed E-state index contributed by atoms with van der Waals surface area (Å²) < 4.78 is 5.65. The molecule has 1 atom stereocenters. The largest absolute Gasteiger partial charge is 0.493 e. The minimum atomic E-state index is 0.170. The molecule has 1 amide bonds. The number of benzene rings is 1. The third-order valence-corrected chi connectivity index (χ3v) is 4.61. The van der Waals surface area contributed by atoms with Gasteiger partial charge in [-0.25, -0.2) is 4.98 Å². The van der Waals surface area contributed by atoms with Crippen LogP contribution in [0.5, 0.6) is 5.75 Å². The number of nitrogens with zero attached hydrogens (tertiary/aromatic N) is 2. The van der Waals surface area contributed by atoms with E-state index in [0.29, 0.717) is 18.9 Å². The second-order valence-corrected chi connectivity index (χ2v) is 6.31. The van der Waals surface area contributed by atoms with Crippen LogP contribution in [0.15, 0.2) is 48.7 Å². The predicted octanol–water partition coefficient (Wildman–Crippen LogP) is 3.30. The second-order valence-electron chi connectivity index (χ2n) is 6.31. The van der Waals surface area contributed by atoms with E-state index in [1.54, 1.807) is 0 Å². The molecule has 0 spiro atoms. The summed E-state index contributed by atoms with van der Waals surface area (Å²) in [5.74, 6) is 2.23. The first-order valence-electron chi connectivity index (χ1n) is 8.85. The quantitative estimate of drug-likeness (QED) is 0.877. The van der Waals surface area contributed by atoms with Crippen molar-refractivity contribution in [3.63, 3.8) is 0 Å². The van der Waals surface area contributed by atoms with Gasteiger partial charge in [0.1, 0.15) is 11.6 Å². The third-order valence-electron chi connectivity index (χ3n) is 4.61. The van der Waals surface area contributed by atoms with E-state index in [1.165, 1.54) is 5.56 Å². The Balaban J connectivity index is 1.52. The zero-order valence-electron chi connectivity index (χ0n) is 14.6. The van der Waals surface area contributed by atoms with Crippen LogP contribution in [0.2, 0.25) is 0 Å². The average Bonchev–Trinajstić information content (AvgIpc) is 2.69. The molecule has 5 nitrogen and oxygen atoms in total. The smallest absolute Gasteiger partial charge is 0.226 e. The van der Waals surface area contributed by atoms with E-state index in [2.05, 4.69) is 22.4 Å². The van der Waals surface area contributed by atoms with E-state index in [0.717, 1.165) is 37.5 Å². The molecule has 1 fully saturated rings. The zero-order valence-corrected chi connectivity index (χ0v) is 14.6. The van der Waals surface area contributed by atoms with Gasteiger partial charge in [-0.2, -0.15) is 0 Å². The van der Waals surface area contributed by atoms with Crippen molar-refractivity contribution in [1.82, 2.24) is 9.88 Å². The number of ether oxygens (including phenoxy) is 1. The highest BCUT2D eigenvalue weighted by Gasteiger charge is 2.24. The van der Waals surface area contributed by atoms with E-state index in [4.69, 9.17) is 4.74 Å². The van der Waals surface area contributed by atoms with Gasteiger partial charge in [0.05, 0.1) is 13.0 Å². The van der Waals surface area contributed by atoms with Crippen molar-refractivity contribution in [2.45, 2.75) is 25.2 Å². The average molecular weight is 339 g/mol. The molecule has 2 heterocycles. The molecule has 1 N–H and O–H groups in total. The van der Waals surface area contributed by atoms with Crippen LogP contribution < -0.4 is 10.1 Å². The first-order valence-corrected chi connectivity index (χ1v) is 8.85. The lowest BCUT2D eigenvalue weighted by atomic mass is 9.91. The number of hydrogen-bond acceptors (Lipinski definition) is 4. The van der Waals surface area contributed by atoms with Gasteiger partial charge in [-0.15, -0.1) is 0 Å². The Hall–Kier alpha value is -2.56. The molecule has 5 heteroatoms. The van der Waals surface area contributed by atoms with Crippen LogP contribution in [0.4, 0.5) is 5.82 Å². The van der Waals surface area contributed by atoms with Crippen molar-refractivity contribution < 1.29 is 9.53 Å². The van der Waals surface area contributed by atoms with Gasteiger partial charge in [-0.05, 0) is 42.7 Å². The van der Waals surface area contributed by atoms with Crippen molar-refractivity contribution in [2.75, 3.05) is 32.1 Å². The van der Waals surface area contributed by atoms with Gasteiger partial charge in [0.25, 0.3) is 0 Å². The summed E-state index contributed by atoms with van der Waals surface area (Å²) in [6, 6.07) is 13.8. The fraction of sp³-hybridized carbons (Fsp3) is 0.400.